The largest absolute Gasteiger partial charge is 0.381 e. The molecule has 2 aromatic heterocycles. The molecule has 0 saturated carbocycles. The Hall–Kier alpha value is -2.21. The summed E-state index contributed by atoms with van der Waals surface area (Å²) in [6, 6.07) is 5.78. The number of hydrogen-bond donors (Lipinski definition) is 1. The number of rotatable bonds is 5. The number of carbonyl (C=O) groups excluding carboxylic acids is 1. The average molecular weight is 328 g/mol. The van der Waals surface area contributed by atoms with Gasteiger partial charge in [-0.25, -0.2) is 9.67 Å². The van der Waals surface area contributed by atoms with Gasteiger partial charge in [0.15, 0.2) is 5.82 Å². The summed E-state index contributed by atoms with van der Waals surface area (Å²) < 4.78 is 7.17. The maximum Gasteiger partial charge on any atom is 0.223 e. The lowest BCUT2D eigenvalue weighted by molar-refractivity contribution is -0.127. The Balaban J connectivity index is 1.61. The number of carbonyl (C=O) groups is 1. The molecule has 128 valence electrons. The summed E-state index contributed by atoms with van der Waals surface area (Å²) in [5, 5.41) is 7.65. The maximum absolute atomic E-state index is 12.2. The second-order valence-electron chi connectivity index (χ2n) is 6.18. The topological polar surface area (TPSA) is 69.0 Å². The van der Waals surface area contributed by atoms with Crippen LogP contribution in [0.25, 0.3) is 5.82 Å². The zero-order chi connectivity index (χ0) is 16.9. The van der Waals surface area contributed by atoms with Crippen LogP contribution in [0.2, 0.25) is 0 Å². The molecule has 2 aromatic rings. The highest BCUT2D eigenvalue weighted by Gasteiger charge is 2.21. The molecule has 1 N–H and O–H groups in total. The van der Waals surface area contributed by atoms with Gasteiger partial charge in [0.2, 0.25) is 5.91 Å². The van der Waals surface area contributed by atoms with Crippen molar-refractivity contribution in [1.82, 2.24) is 20.1 Å². The highest BCUT2D eigenvalue weighted by Crippen LogP contribution is 2.17. The van der Waals surface area contributed by atoms with Gasteiger partial charge in [0, 0.05) is 37.6 Å². The third-order valence-corrected chi connectivity index (χ3v) is 4.57. The molecule has 6 nitrogen and oxygen atoms in total. The minimum atomic E-state index is 0.0946. The van der Waals surface area contributed by atoms with Crippen molar-refractivity contribution >= 4 is 5.91 Å². The van der Waals surface area contributed by atoms with Crippen LogP contribution in [0.3, 0.4) is 0 Å². The first kappa shape index (κ1) is 16.6. The van der Waals surface area contributed by atoms with Gasteiger partial charge in [-0.05, 0) is 50.8 Å². The molecular weight excluding hydrogens is 304 g/mol. The van der Waals surface area contributed by atoms with Crippen molar-refractivity contribution in [3.8, 4) is 5.82 Å². The molecule has 1 saturated heterocycles. The first-order valence-corrected chi connectivity index (χ1v) is 8.49. The number of amides is 1. The van der Waals surface area contributed by atoms with Crippen LogP contribution in [0.1, 0.15) is 29.8 Å². The van der Waals surface area contributed by atoms with Gasteiger partial charge in [0.1, 0.15) is 0 Å². The molecule has 0 radical (unpaired) electrons. The highest BCUT2D eigenvalue weighted by molar-refractivity contribution is 5.78. The monoisotopic (exact) mass is 328 g/mol. The number of aryl methyl sites for hydroxylation is 1. The fourth-order valence-corrected chi connectivity index (χ4v) is 3.15. The highest BCUT2D eigenvalue weighted by atomic mass is 16.5. The van der Waals surface area contributed by atoms with Crippen molar-refractivity contribution in [3.63, 3.8) is 0 Å². The smallest absolute Gasteiger partial charge is 0.223 e. The molecule has 0 aromatic carbocycles. The lowest BCUT2D eigenvalue weighted by Gasteiger charge is -2.21. The van der Waals surface area contributed by atoms with E-state index < -0.39 is 0 Å². The van der Waals surface area contributed by atoms with Crippen molar-refractivity contribution in [3.05, 3.63) is 41.3 Å². The Labute approximate surface area is 142 Å². The molecule has 0 aliphatic carbocycles. The molecular formula is C18H24N4O2. The van der Waals surface area contributed by atoms with E-state index >= 15 is 0 Å². The fourth-order valence-electron chi connectivity index (χ4n) is 3.15. The fraction of sp³-hybridized carbons (Fsp3) is 0.500. The van der Waals surface area contributed by atoms with Crippen molar-refractivity contribution in [2.45, 2.75) is 33.1 Å². The normalized spacial score (nSPS) is 15.4. The second kappa shape index (κ2) is 7.57. The van der Waals surface area contributed by atoms with Crippen LogP contribution in [0.4, 0.5) is 0 Å². The van der Waals surface area contributed by atoms with Crippen LogP contribution in [0.5, 0.6) is 0 Å². The Morgan fingerprint density at radius 2 is 2.12 bits per heavy atom. The predicted octanol–water partition coefficient (Wildman–Crippen LogP) is 1.97. The lowest BCUT2D eigenvalue weighted by atomic mass is 9.99. The summed E-state index contributed by atoms with van der Waals surface area (Å²) in [5.74, 6) is 1.05. The summed E-state index contributed by atoms with van der Waals surface area (Å²) in [6.45, 7) is 6.05. The maximum atomic E-state index is 12.2. The van der Waals surface area contributed by atoms with E-state index in [-0.39, 0.29) is 11.8 Å². The number of ether oxygens (including phenoxy) is 1. The number of pyridine rings is 1. The van der Waals surface area contributed by atoms with E-state index in [1.54, 1.807) is 6.20 Å². The number of nitrogens with zero attached hydrogens (tertiary/aromatic N) is 3. The Bertz CT molecular complexity index is 691. The first-order valence-electron chi connectivity index (χ1n) is 8.49. The molecule has 0 bridgehead atoms. The third-order valence-electron chi connectivity index (χ3n) is 4.57. The standard InChI is InChI=1S/C18H24N4O2/c1-13-16(6-10-20-18(23)15-7-11-24-12-8-15)14(2)22(21-13)17-5-3-4-9-19-17/h3-5,9,15H,6-8,10-12H2,1-2H3,(H,20,23). The zero-order valence-electron chi connectivity index (χ0n) is 14.3. The van der Waals surface area contributed by atoms with E-state index in [1.807, 2.05) is 36.7 Å². The summed E-state index contributed by atoms with van der Waals surface area (Å²) >= 11 is 0. The molecule has 3 heterocycles. The molecule has 1 fully saturated rings. The SMILES string of the molecule is Cc1nn(-c2ccccn2)c(C)c1CCNC(=O)C1CCOCC1. The second-order valence-corrected chi connectivity index (χ2v) is 6.18. The van der Waals surface area contributed by atoms with Crippen molar-refractivity contribution < 1.29 is 9.53 Å². The van der Waals surface area contributed by atoms with Gasteiger partial charge < -0.3 is 10.1 Å². The van der Waals surface area contributed by atoms with Crippen molar-refractivity contribution in [2.24, 2.45) is 5.92 Å². The van der Waals surface area contributed by atoms with Crippen LogP contribution < -0.4 is 5.32 Å². The Morgan fingerprint density at radius 1 is 1.33 bits per heavy atom. The first-order chi connectivity index (χ1) is 11.7. The van der Waals surface area contributed by atoms with Crippen LogP contribution in [0, 0.1) is 19.8 Å². The van der Waals surface area contributed by atoms with Crippen LogP contribution in [-0.4, -0.2) is 40.4 Å². The molecule has 0 spiro atoms. The van der Waals surface area contributed by atoms with Gasteiger partial charge in [0.25, 0.3) is 0 Å². The number of nitrogens with one attached hydrogen (secondary N) is 1. The van der Waals surface area contributed by atoms with E-state index in [0.29, 0.717) is 19.8 Å². The summed E-state index contributed by atoms with van der Waals surface area (Å²) in [4.78, 5) is 16.5. The predicted molar refractivity (Wildman–Crippen MR) is 91.1 cm³/mol. The van der Waals surface area contributed by atoms with E-state index in [0.717, 1.165) is 36.5 Å². The molecule has 3 rings (SSSR count). The minimum absolute atomic E-state index is 0.0946. The molecule has 1 aliphatic heterocycles. The molecule has 1 aliphatic rings. The van der Waals surface area contributed by atoms with Crippen LogP contribution in [0.15, 0.2) is 24.4 Å². The molecule has 24 heavy (non-hydrogen) atoms. The van der Waals surface area contributed by atoms with Crippen LogP contribution >= 0.6 is 0 Å². The number of hydrogen-bond acceptors (Lipinski definition) is 4. The van der Waals surface area contributed by atoms with Gasteiger partial charge in [-0.15, -0.1) is 0 Å². The Morgan fingerprint density at radius 3 is 2.83 bits per heavy atom. The van der Waals surface area contributed by atoms with Gasteiger partial charge >= 0.3 is 0 Å². The average Bonchev–Trinajstić information content (AvgIpc) is 2.91. The molecule has 0 unspecified atom stereocenters. The lowest BCUT2D eigenvalue weighted by Crippen LogP contribution is -2.35. The van der Waals surface area contributed by atoms with Gasteiger partial charge in [-0.2, -0.15) is 5.10 Å². The quantitative estimate of drug-likeness (QED) is 0.911. The van der Waals surface area contributed by atoms with Gasteiger partial charge in [-0.1, -0.05) is 6.07 Å². The molecule has 0 atom stereocenters. The molecule has 6 heteroatoms. The molecule has 1 amide bonds. The van der Waals surface area contributed by atoms with Crippen molar-refractivity contribution in [2.75, 3.05) is 19.8 Å². The summed E-state index contributed by atoms with van der Waals surface area (Å²) in [5.41, 5.74) is 3.23. The van der Waals surface area contributed by atoms with Crippen LogP contribution in [-0.2, 0) is 16.0 Å². The zero-order valence-corrected chi connectivity index (χ0v) is 14.3. The van der Waals surface area contributed by atoms with E-state index in [4.69, 9.17) is 4.74 Å². The van der Waals surface area contributed by atoms with Crippen molar-refractivity contribution in [1.29, 1.82) is 0 Å². The van der Waals surface area contributed by atoms with Gasteiger partial charge in [0.05, 0.1) is 5.69 Å². The number of aromatic nitrogens is 3. The van der Waals surface area contributed by atoms with E-state index in [1.165, 1.54) is 5.56 Å². The summed E-state index contributed by atoms with van der Waals surface area (Å²) in [7, 11) is 0. The van der Waals surface area contributed by atoms with E-state index in [9.17, 15) is 4.79 Å². The minimum Gasteiger partial charge on any atom is -0.381 e. The van der Waals surface area contributed by atoms with Gasteiger partial charge in [-0.3, -0.25) is 4.79 Å². The van der Waals surface area contributed by atoms with E-state index in [2.05, 4.69) is 15.4 Å². The Kier molecular flexibility index (Phi) is 5.25. The summed E-state index contributed by atoms with van der Waals surface area (Å²) in [6.07, 6.45) is 4.18. The third kappa shape index (κ3) is 3.64.